The van der Waals surface area contributed by atoms with Crippen molar-refractivity contribution >= 4 is 28.3 Å². The van der Waals surface area contributed by atoms with Crippen LogP contribution in [0.1, 0.15) is 24.5 Å². The molecule has 1 atom stereocenters. The Bertz CT molecular complexity index is 723. The van der Waals surface area contributed by atoms with Gasteiger partial charge in [-0.15, -0.1) is 12.4 Å². The van der Waals surface area contributed by atoms with Crippen molar-refractivity contribution < 1.29 is 13.2 Å². The maximum absolute atomic E-state index is 12.7. The number of fused-ring (bicyclic) bond motifs is 1. The van der Waals surface area contributed by atoms with Crippen molar-refractivity contribution in [3.8, 4) is 0 Å². The molecule has 6 nitrogen and oxygen atoms in total. The van der Waals surface area contributed by atoms with Gasteiger partial charge in [0.2, 0.25) is 15.9 Å². The Labute approximate surface area is 149 Å². The second kappa shape index (κ2) is 7.39. The summed E-state index contributed by atoms with van der Waals surface area (Å²) in [4.78, 5) is 13.7. The Hall–Kier alpha value is -1.15. The van der Waals surface area contributed by atoms with Gasteiger partial charge in [-0.25, -0.2) is 8.42 Å². The van der Waals surface area contributed by atoms with Crippen LogP contribution in [-0.2, 0) is 27.7 Å². The van der Waals surface area contributed by atoms with Gasteiger partial charge in [-0.3, -0.25) is 4.79 Å². The van der Waals surface area contributed by atoms with Crippen molar-refractivity contribution in [2.75, 3.05) is 26.2 Å². The first kappa shape index (κ1) is 19.2. The Balaban J connectivity index is 0.00000208. The summed E-state index contributed by atoms with van der Waals surface area (Å²) >= 11 is 0. The third-order valence-electron chi connectivity index (χ3n) is 4.75. The molecule has 2 aliphatic rings. The highest BCUT2D eigenvalue weighted by Crippen LogP contribution is 2.25. The van der Waals surface area contributed by atoms with Crippen LogP contribution in [0.2, 0.25) is 0 Å². The Morgan fingerprint density at radius 3 is 2.42 bits per heavy atom. The Morgan fingerprint density at radius 1 is 1.17 bits per heavy atom. The van der Waals surface area contributed by atoms with Crippen molar-refractivity contribution in [3.63, 3.8) is 0 Å². The standard InChI is InChI=1S/C16H23N3O3S.ClH/c1-12(20)18-7-4-13-2-3-16(10-14(13)5-8-18)23(21,22)19-9-6-15(17)11-19;/h2-3,10,15H,4-9,11,17H2,1H3;1H/t15-;/m1./s1. The summed E-state index contributed by atoms with van der Waals surface area (Å²) in [6.45, 7) is 3.77. The minimum Gasteiger partial charge on any atom is -0.342 e. The highest BCUT2D eigenvalue weighted by molar-refractivity contribution is 7.89. The normalized spacial score (nSPS) is 21.8. The molecule has 1 fully saturated rings. The first-order chi connectivity index (χ1) is 10.9. The van der Waals surface area contributed by atoms with Crippen LogP contribution in [0, 0.1) is 0 Å². The van der Waals surface area contributed by atoms with Crippen molar-refractivity contribution in [2.45, 2.75) is 37.1 Å². The van der Waals surface area contributed by atoms with E-state index in [9.17, 15) is 13.2 Å². The van der Waals surface area contributed by atoms with E-state index in [2.05, 4.69) is 0 Å². The largest absolute Gasteiger partial charge is 0.342 e. The lowest BCUT2D eigenvalue weighted by Gasteiger charge is -2.17. The van der Waals surface area contributed by atoms with Gasteiger partial charge in [0.25, 0.3) is 0 Å². The summed E-state index contributed by atoms with van der Waals surface area (Å²) in [7, 11) is -3.47. The number of carbonyl (C=O) groups excluding carboxylic acids is 1. The lowest BCUT2D eigenvalue weighted by molar-refractivity contribution is -0.128. The van der Waals surface area contributed by atoms with Gasteiger partial charge in [-0.1, -0.05) is 6.07 Å². The molecule has 1 aromatic rings. The monoisotopic (exact) mass is 373 g/mol. The van der Waals surface area contributed by atoms with Crippen LogP contribution >= 0.6 is 12.4 Å². The molecule has 0 radical (unpaired) electrons. The zero-order valence-electron chi connectivity index (χ0n) is 13.8. The fourth-order valence-corrected chi connectivity index (χ4v) is 4.86. The first-order valence-electron chi connectivity index (χ1n) is 8.01. The molecule has 3 rings (SSSR count). The van der Waals surface area contributed by atoms with Crippen molar-refractivity contribution in [1.29, 1.82) is 0 Å². The highest BCUT2D eigenvalue weighted by atomic mass is 35.5. The summed E-state index contributed by atoms with van der Waals surface area (Å²) in [6.07, 6.45) is 2.17. The molecule has 1 amide bonds. The van der Waals surface area contributed by atoms with Crippen LogP contribution in [0.3, 0.4) is 0 Å². The number of hydrogen-bond acceptors (Lipinski definition) is 4. The topological polar surface area (TPSA) is 83.7 Å². The molecule has 2 heterocycles. The molecule has 8 heteroatoms. The van der Waals surface area contributed by atoms with E-state index >= 15 is 0 Å². The summed E-state index contributed by atoms with van der Waals surface area (Å²) in [6, 6.07) is 5.27. The van der Waals surface area contributed by atoms with Crippen molar-refractivity contribution in [3.05, 3.63) is 29.3 Å². The van der Waals surface area contributed by atoms with Gasteiger partial charge in [-0.05, 0) is 42.5 Å². The molecule has 0 aromatic heterocycles. The van der Waals surface area contributed by atoms with Gasteiger partial charge in [0, 0.05) is 39.1 Å². The van der Waals surface area contributed by atoms with Crippen LogP contribution in [0.5, 0.6) is 0 Å². The summed E-state index contributed by atoms with van der Waals surface area (Å²) in [5, 5.41) is 0. The average Bonchev–Trinajstić information content (AvgIpc) is 2.83. The molecule has 0 spiro atoms. The molecule has 0 saturated carbocycles. The number of sulfonamides is 1. The summed E-state index contributed by atoms with van der Waals surface area (Å²) < 4.78 is 26.9. The molecular formula is C16H24ClN3O3S. The third kappa shape index (κ3) is 3.74. The third-order valence-corrected chi connectivity index (χ3v) is 6.61. The van der Waals surface area contributed by atoms with E-state index in [4.69, 9.17) is 5.73 Å². The zero-order valence-corrected chi connectivity index (χ0v) is 15.4. The second-order valence-corrected chi connectivity index (χ2v) is 8.29. The smallest absolute Gasteiger partial charge is 0.243 e. The SMILES string of the molecule is CC(=O)N1CCc2ccc(S(=O)(=O)N3CC[C@@H](N)C3)cc2CC1.Cl. The quantitative estimate of drug-likeness (QED) is 0.830. The van der Waals surface area contributed by atoms with E-state index in [1.54, 1.807) is 19.1 Å². The van der Waals surface area contributed by atoms with Gasteiger partial charge >= 0.3 is 0 Å². The molecule has 1 saturated heterocycles. The van der Waals surface area contributed by atoms with Gasteiger partial charge in [0.05, 0.1) is 4.90 Å². The summed E-state index contributed by atoms with van der Waals surface area (Å²) in [5.74, 6) is 0.0664. The Kier molecular flexibility index (Phi) is 5.91. The van der Waals surface area contributed by atoms with Crippen LogP contribution in [0.4, 0.5) is 0 Å². The maximum atomic E-state index is 12.7. The molecule has 24 heavy (non-hydrogen) atoms. The Morgan fingerprint density at radius 2 is 1.83 bits per heavy atom. The lowest BCUT2D eigenvalue weighted by atomic mass is 10.0. The van der Waals surface area contributed by atoms with Crippen molar-refractivity contribution in [2.24, 2.45) is 5.73 Å². The molecular weight excluding hydrogens is 350 g/mol. The van der Waals surface area contributed by atoms with E-state index in [-0.39, 0.29) is 24.4 Å². The number of nitrogens with two attached hydrogens (primary N) is 1. The molecule has 1 aromatic carbocycles. The number of amides is 1. The number of rotatable bonds is 2. The number of hydrogen-bond donors (Lipinski definition) is 1. The van der Waals surface area contributed by atoms with E-state index in [1.807, 2.05) is 11.0 Å². The molecule has 0 unspecified atom stereocenters. The molecule has 0 bridgehead atoms. The fraction of sp³-hybridized carbons (Fsp3) is 0.562. The fourth-order valence-electron chi connectivity index (χ4n) is 3.30. The van der Waals surface area contributed by atoms with Crippen molar-refractivity contribution in [1.82, 2.24) is 9.21 Å². The number of carbonyl (C=O) groups is 1. The average molecular weight is 374 g/mol. The molecule has 134 valence electrons. The maximum Gasteiger partial charge on any atom is 0.243 e. The lowest BCUT2D eigenvalue weighted by Crippen LogP contribution is -2.32. The van der Waals surface area contributed by atoms with E-state index in [0.717, 1.165) is 17.5 Å². The predicted molar refractivity (Wildman–Crippen MR) is 94.7 cm³/mol. The number of benzene rings is 1. The van der Waals surface area contributed by atoms with Gasteiger partial charge in [0.1, 0.15) is 0 Å². The highest BCUT2D eigenvalue weighted by Gasteiger charge is 2.31. The first-order valence-corrected chi connectivity index (χ1v) is 9.45. The minimum atomic E-state index is -3.47. The van der Waals surface area contributed by atoms with E-state index < -0.39 is 10.0 Å². The van der Waals surface area contributed by atoms with Gasteiger partial charge in [-0.2, -0.15) is 4.31 Å². The molecule has 2 N–H and O–H groups in total. The van der Waals surface area contributed by atoms with Gasteiger partial charge < -0.3 is 10.6 Å². The second-order valence-electron chi connectivity index (χ2n) is 6.35. The van der Waals surface area contributed by atoms with Crippen LogP contribution in [-0.4, -0.2) is 55.8 Å². The molecule has 2 aliphatic heterocycles. The van der Waals surface area contributed by atoms with Crippen LogP contribution < -0.4 is 5.73 Å². The minimum absolute atomic E-state index is 0. The van der Waals surface area contributed by atoms with Gasteiger partial charge in [0.15, 0.2) is 0 Å². The summed E-state index contributed by atoms with van der Waals surface area (Å²) in [5.41, 5.74) is 7.99. The predicted octanol–water partition coefficient (Wildman–Crippen LogP) is 0.777. The number of halogens is 1. The van der Waals surface area contributed by atoms with E-state index in [1.165, 1.54) is 4.31 Å². The number of nitrogens with zero attached hydrogens (tertiary/aromatic N) is 2. The van der Waals surface area contributed by atoms with Crippen LogP contribution in [0.15, 0.2) is 23.1 Å². The van der Waals surface area contributed by atoms with E-state index in [0.29, 0.717) is 43.9 Å². The van der Waals surface area contributed by atoms with Crippen LogP contribution in [0.25, 0.3) is 0 Å². The molecule has 0 aliphatic carbocycles. The zero-order chi connectivity index (χ0) is 16.6.